The van der Waals surface area contributed by atoms with Gasteiger partial charge in [-0.2, -0.15) is 0 Å². The molecule has 0 atom stereocenters. The molecule has 3 rings (SSSR count). The number of H-pyrrole nitrogens is 1. The number of imidazole rings is 1. The lowest BCUT2D eigenvalue weighted by molar-refractivity contribution is 0.0928. The van der Waals surface area contributed by atoms with Crippen LogP contribution in [-0.2, 0) is 4.74 Å². The molecule has 2 aromatic rings. The van der Waals surface area contributed by atoms with E-state index in [-0.39, 0.29) is 17.8 Å². The summed E-state index contributed by atoms with van der Waals surface area (Å²) in [5.74, 6) is 0. The van der Waals surface area contributed by atoms with Crippen LogP contribution in [0.4, 0.5) is 4.79 Å². The van der Waals surface area contributed by atoms with E-state index < -0.39 is 0 Å². The van der Waals surface area contributed by atoms with E-state index >= 15 is 0 Å². The lowest BCUT2D eigenvalue weighted by Gasteiger charge is -2.31. The second-order valence-electron chi connectivity index (χ2n) is 5.35. The first-order valence-electron chi connectivity index (χ1n) is 7.42. The number of nitrogens with one attached hydrogen (secondary N) is 1. The first-order valence-corrected chi connectivity index (χ1v) is 7.80. The number of nitrogens with zero attached hydrogens (tertiary/aromatic N) is 2. The van der Waals surface area contributed by atoms with Crippen LogP contribution in [0.1, 0.15) is 25.8 Å². The topological polar surface area (TPSA) is 67.3 Å². The molecule has 1 saturated heterocycles. The van der Waals surface area contributed by atoms with Crippen molar-refractivity contribution in [3.8, 4) is 0 Å². The van der Waals surface area contributed by atoms with Crippen molar-refractivity contribution >= 4 is 28.7 Å². The number of fused-ring (bicyclic) bond motifs is 1. The Morgan fingerprint density at radius 2 is 2.14 bits per heavy atom. The Labute approximate surface area is 132 Å². The van der Waals surface area contributed by atoms with Gasteiger partial charge in [0.05, 0.1) is 22.7 Å². The van der Waals surface area contributed by atoms with Crippen LogP contribution in [0.2, 0.25) is 5.02 Å². The summed E-state index contributed by atoms with van der Waals surface area (Å²) >= 11 is 6.13. The number of ether oxygens (including phenoxy) is 1. The molecule has 22 heavy (non-hydrogen) atoms. The molecule has 1 fully saturated rings. The molecule has 0 spiro atoms. The number of amides is 1. The maximum absolute atomic E-state index is 12.3. The summed E-state index contributed by atoms with van der Waals surface area (Å²) in [5.41, 5.74) is 1.33. The van der Waals surface area contributed by atoms with E-state index in [9.17, 15) is 9.59 Å². The van der Waals surface area contributed by atoms with Gasteiger partial charge in [0.25, 0.3) is 0 Å². The number of aromatic amines is 1. The Morgan fingerprint density at radius 1 is 1.41 bits per heavy atom. The summed E-state index contributed by atoms with van der Waals surface area (Å²) in [7, 11) is 0. The number of piperidine rings is 1. The molecule has 6 nitrogen and oxygen atoms in total. The van der Waals surface area contributed by atoms with Crippen LogP contribution in [0.15, 0.2) is 23.0 Å². The van der Waals surface area contributed by atoms with Gasteiger partial charge in [-0.05, 0) is 31.9 Å². The molecule has 1 aromatic carbocycles. The normalized spacial score (nSPS) is 16.2. The van der Waals surface area contributed by atoms with Crippen LogP contribution in [0.25, 0.3) is 11.0 Å². The number of aromatic nitrogens is 2. The van der Waals surface area contributed by atoms with Crippen LogP contribution >= 0.6 is 11.6 Å². The van der Waals surface area contributed by atoms with E-state index in [1.165, 1.54) is 0 Å². The van der Waals surface area contributed by atoms with Gasteiger partial charge in [0.15, 0.2) is 0 Å². The summed E-state index contributed by atoms with van der Waals surface area (Å²) in [5, 5.41) is 0.539. The molecule has 1 amide bonds. The largest absolute Gasteiger partial charge is 0.450 e. The highest BCUT2D eigenvalue weighted by Crippen LogP contribution is 2.27. The smallest absolute Gasteiger partial charge is 0.409 e. The highest BCUT2D eigenvalue weighted by atomic mass is 35.5. The van der Waals surface area contributed by atoms with Crippen LogP contribution in [0.5, 0.6) is 0 Å². The van der Waals surface area contributed by atoms with Crippen molar-refractivity contribution in [3.63, 3.8) is 0 Å². The SMILES string of the molecule is CCOC(=O)N1CCC(n2c(=O)[nH]c3c(Cl)cccc32)CC1. The zero-order valence-electron chi connectivity index (χ0n) is 12.3. The Morgan fingerprint density at radius 3 is 2.82 bits per heavy atom. The van der Waals surface area contributed by atoms with Gasteiger partial charge >= 0.3 is 11.8 Å². The predicted molar refractivity (Wildman–Crippen MR) is 84.4 cm³/mol. The number of halogens is 1. The van der Waals surface area contributed by atoms with Gasteiger partial charge < -0.3 is 14.6 Å². The average molecular weight is 324 g/mol. The van der Waals surface area contributed by atoms with Gasteiger partial charge in [0, 0.05) is 19.1 Å². The minimum Gasteiger partial charge on any atom is -0.450 e. The van der Waals surface area contributed by atoms with Crippen molar-refractivity contribution in [1.82, 2.24) is 14.5 Å². The molecule has 0 aliphatic carbocycles. The lowest BCUT2D eigenvalue weighted by Crippen LogP contribution is -2.40. The molecule has 1 N–H and O–H groups in total. The number of carbonyl (C=O) groups excluding carboxylic acids is 1. The van der Waals surface area contributed by atoms with E-state index in [4.69, 9.17) is 16.3 Å². The number of rotatable bonds is 2. The number of para-hydroxylation sites is 1. The molecule has 1 aliphatic rings. The van der Waals surface area contributed by atoms with Crippen molar-refractivity contribution in [1.29, 1.82) is 0 Å². The maximum Gasteiger partial charge on any atom is 0.409 e. The molecular weight excluding hydrogens is 306 g/mol. The Hall–Kier alpha value is -1.95. The van der Waals surface area contributed by atoms with Crippen LogP contribution < -0.4 is 5.69 Å². The van der Waals surface area contributed by atoms with Crippen molar-refractivity contribution in [2.75, 3.05) is 19.7 Å². The number of likely N-dealkylation sites (tertiary alicyclic amines) is 1. The van der Waals surface area contributed by atoms with E-state index in [1.54, 1.807) is 22.5 Å². The molecule has 2 heterocycles. The van der Waals surface area contributed by atoms with Crippen LogP contribution in [0, 0.1) is 0 Å². The zero-order valence-corrected chi connectivity index (χ0v) is 13.1. The Bertz CT molecular complexity index is 744. The first-order chi connectivity index (χ1) is 10.6. The summed E-state index contributed by atoms with van der Waals surface area (Å²) in [4.78, 5) is 28.5. The maximum atomic E-state index is 12.3. The van der Waals surface area contributed by atoms with Gasteiger partial charge in [-0.3, -0.25) is 4.57 Å². The van der Waals surface area contributed by atoms with Gasteiger partial charge in [0.2, 0.25) is 0 Å². The molecule has 1 aliphatic heterocycles. The van der Waals surface area contributed by atoms with Crippen LogP contribution in [-0.4, -0.2) is 40.2 Å². The van der Waals surface area contributed by atoms with E-state index in [2.05, 4.69) is 4.98 Å². The average Bonchev–Trinajstić information content (AvgIpc) is 2.85. The fourth-order valence-electron chi connectivity index (χ4n) is 3.00. The fourth-order valence-corrected chi connectivity index (χ4v) is 3.21. The molecule has 118 valence electrons. The van der Waals surface area contributed by atoms with Crippen molar-refractivity contribution < 1.29 is 9.53 Å². The lowest BCUT2D eigenvalue weighted by atomic mass is 10.0. The van der Waals surface area contributed by atoms with Gasteiger partial charge in [-0.1, -0.05) is 17.7 Å². The quantitative estimate of drug-likeness (QED) is 0.924. The molecular formula is C15H18ClN3O3. The second kappa shape index (κ2) is 6.04. The Balaban J connectivity index is 1.83. The Kier molecular flexibility index (Phi) is 4.11. The first kappa shape index (κ1) is 15.0. The van der Waals surface area contributed by atoms with Crippen LogP contribution in [0.3, 0.4) is 0 Å². The third-order valence-corrected chi connectivity index (χ3v) is 4.37. The monoisotopic (exact) mass is 323 g/mol. The van der Waals surface area contributed by atoms with Crippen molar-refractivity contribution in [2.24, 2.45) is 0 Å². The van der Waals surface area contributed by atoms with Crippen molar-refractivity contribution in [3.05, 3.63) is 33.7 Å². The van der Waals surface area contributed by atoms with Gasteiger partial charge in [0.1, 0.15) is 0 Å². The summed E-state index contributed by atoms with van der Waals surface area (Å²) < 4.78 is 6.77. The van der Waals surface area contributed by atoms with Crippen molar-refractivity contribution in [2.45, 2.75) is 25.8 Å². The molecule has 1 aromatic heterocycles. The highest BCUT2D eigenvalue weighted by molar-refractivity contribution is 6.34. The van der Waals surface area contributed by atoms with Gasteiger partial charge in [-0.25, -0.2) is 9.59 Å². The van der Waals surface area contributed by atoms with E-state index in [1.807, 2.05) is 12.1 Å². The summed E-state index contributed by atoms with van der Waals surface area (Å²) in [6, 6.07) is 5.54. The third kappa shape index (κ3) is 2.59. The molecule has 0 radical (unpaired) electrons. The van der Waals surface area contributed by atoms with E-state index in [0.29, 0.717) is 30.2 Å². The number of hydrogen-bond donors (Lipinski definition) is 1. The fraction of sp³-hybridized carbons (Fsp3) is 0.467. The van der Waals surface area contributed by atoms with Gasteiger partial charge in [-0.15, -0.1) is 0 Å². The molecule has 0 bridgehead atoms. The number of hydrogen-bond acceptors (Lipinski definition) is 3. The molecule has 0 unspecified atom stereocenters. The predicted octanol–water partition coefficient (Wildman–Crippen LogP) is 2.78. The number of carbonyl (C=O) groups is 1. The number of benzene rings is 1. The molecule has 7 heteroatoms. The minimum absolute atomic E-state index is 0.0605. The summed E-state index contributed by atoms with van der Waals surface area (Å²) in [6.45, 7) is 3.34. The third-order valence-electron chi connectivity index (χ3n) is 4.06. The highest BCUT2D eigenvalue weighted by Gasteiger charge is 2.26. The zero-order chi connectivity index (χ0) is 15.7. The van der Waals surface area contributed by atoms with E-state index in [0.717, 1.165) is 18.4 Å². The second-order valence-corrected chi connectivity index (χ2v) is 5.76. The molecule has 0 saturated carbocycles. The summed E-state index contributed by atoms with van der Waals surface area (Å²) in [6.07, 6.45) is 1.16. The standard InChI is InChI=1S/C15H18ClN3O3/c1-2-22-15(21)18-8-6-10(7-9-18)19-12-5-3-4-11(16)13(12)17-14(19)20/h3-5,10H,2,6-9H2,1H3,(H,17,20). The minimum atomic E-state index is -0.282.